The summed E-state index contributed by atoms with van der Waals surface area (Å²) in [5.74, 6) is 1.71. The quantitative estimate of drug-likeness (QED) is 0.425. The minimum Gasteiger partial charge on any atom is -0.332 e. The molecule has 1 aliphatic carbocycles. The number of hydrogen-bond acceptors (Lipinski definition) is 2. The Labute approximate surface area is 179 Å². The molecule has 0 heterocycles. The van der Waals surface area contributed by atoms with E-state index in [0.717, 1.165) is 69.3 Å². The highest BCUT2D eigenvalue weighted by Crippen LogP contribution is 2.30. The third-order valence-corrected chi connectivity index (χ3v) is 6.67. The van der Waals surface area contributed by atoms with Crippen molar-refractivity contribution < 1.29 is 4.79 Å². The maximum atomic E-state index is 13.3. The molecule has 1 aliphatic rings. The molecule has 0 radical (unpaired) electrons. The Balaban J connectivity index is 2.06. The summed E-state index contributed by atoms with van der Waals surface area (Å²) >= 11 is 0. The standard InChI is InChI=1S/C26H42N2O/c1-6-27(7-2)19-11-12-22(5)28(26(29)25-13-9-8-10-14-25)20-23-15-17-24(18-16-23)21(3)4/h8-10,13-15,21-22,24H,6-7,11-12,16-20H2,1-5H3. The highest BCUT2D eigenvalue weighted by Gasteiger charge is 2.25. The van der Waals surface area contributed by atoms with Crippen LogP contribution in [0, 0.1) is 11.8 Å². The van der Waals surface area contributed by atoms with Crippen LogP contribution >= 0.6 is 0 Å². The number of nitrogens with zero attached hydrogens (tertiary/aromatic N) is 2. The van der Waals surface area contributed by atoms with Crippen molar-refractivity contribution in [3.05, 3.63) is 47.5 Å². The van der Waals surface area contributed by atoms with Crippen molar-refractivity contribution in [1.29, 1.82) is 0 Å². The van der Waals surface area contributed by atoms with E-state index in [1.165, 1.54) is 12.0 Å². The zero-order valence-electron chi connectivity index (χ0n) is 19.4. The molecule has 1 aromatic carbocycles. The predicted molar refractivity (Wildman–Crippen MR) is 124 cm³/mol. The van der Waals surface area contributed by atoms with Gasteiger partial charge >= 0.3 is 0 Å². The Bertz CT molecular complexity index is 633. The molecule has 0 N–H and O–H groups in total. The van der Waals surface area contributed by atoms with E-state index in [4.69, 9.17) is 0 Å². The molecule has 0 aromatic heterocycles. The zero-order chi connectivity index (χ0) is 21.2. The first-order valence-electron chi connectivity index (χ1n) is 11.7. The van der Waals surface area contributed by atoms with Crippen LogP contribution in [0.1, 0.15) is 77.1 Å². The van der Waals surface area contributed by atoms with E-state index in [0.29, 0.717) is 0 Å². The molecule has 0 spiro atoms. The maximum Gasteiger partial charge on any atom is 0.254 e. The van der Waals surface area contributed by atoms with Gasteiger partial charge in [-0.1, -0.05) is 57.5 Å². The molecule has 162 valence electrons. The molecule has 0 bridgehead atoms. The molecule has 3 nitrogen and oxygen atoms in total. The second-order valence-electron chi connectivity index (χ2n) is 8.96. The van der Waals surface area contributed by atoms with Crippen molar-refractivity contribution in [1.82, 2.24) is 9.80 Å². The minimum atomic E-state index is 0.174. The third-order valence-electron chi connectivity index (χ3n) is 6.67. The van der Waals surface area contributed by atoms with E-state index in [2.05, 4.69) is 50.5 Å². The first-order valence-corrected chi connectivity index (χ1v) is 11.7. The molecule has 1 aromatic rings. The van der Waals surface area contributed by atoms with Crippen molar-refractivity contribution in [2.75, 3.05) is 26.2 Å². The van der Waals surface area contributed by atoms with Crippen LogP contribution in [0.5, 0.6) is 0 Å². The fourth-order valence-electron chi connectivity index (χ4n) is 4.36. The molecule has 2 atom stereocenters. The van der Waals surface area contributed by atoms with Crippen molar-refractivity contribution in [3.8, 4) is 0 Å². The summed E-state index contributed by atoms with van der Waals surface area (Å²) in [6.07, 6.45) is 8.16. The van der Waals surface area contributed by atoms with Crippen molar-refractivity contribution in [2.45, 2.75) is 72.8 Å². The van der Waals surface area contributed by atoms with Gasteiger partial charge < -0.3 is 9.80 Å². The summed E-state index contributed by atoms with van der Waals surface area (Å²) in [5.41, 5.74) is 2.25. The highest BCUT2D eigenvalue weighted by atomic mass is 16.2. The molecule has 0 saturated heterocycles. The highest BCUT2D eigenvalue weighted by molar-refractivity contribution is 5.94. The van der Waals surface area contributed by atoms with Gasteiger partial charge in [-0.05, 0) is 82.6 Å². The molecule has 1 amide bonds. The van der Waals surface area contributed by atoms with E-state index in [9.17, 15) is 4.79 Å². The normalized spacial score (nSPS) is 18.0. The number of allylic oxidation sites excluding steroid dienone is 1. The molecule has 2 rings (SSSR count). The van der Waals surface area contributed by atoms with Crippen LogP contribution < -0.4 is 0 Å². The summed E-state index contributed by atoms with van der Waals surface area (Å²) in [6.45, 7) is 15.4. The van der Waals surface area contributed by atoms with Crippen molar-refractivity contribution in [3.63, 3.8) is 0 Å². The molecule has 29 heavy (non-hydrogen) atoms. The molecular formula is C26H42N2O. The Morgan fingerprint density at radius 1 is 1.10 bits per heavy atom. The number of benzene rings is 1. The predicted octanol–water partition coefficient (Wildman–Crippen LogP) is 6.02. The first kappa shape index (κ1) is 23.7. The van der Waals surface area contributed by atoms with Gasteiger partial charge in [-0.15, -0.1) is 0 Å². The van der Waals surface area contributed by atoms with Gasteiger partial charge in [0.05, 0.1) is 0 Å². The number of hydrogen-bond donors (Lipinski definition) is 0. The molecule has 0 fully saturated rings. The summed E-state index contributed by atoms with van der Waals surface area (Å²) in [5, 5.41) is 0. The van der Waals surface area contributed by atoms with E-state index in [-0.39, 0.29) is 11.9 Å². The second kappa shape index (κ2) is 12.2. The zero-order valence-corrected chi connectivity index (χ0v) is 19.4. The van der Waals surface area contributed by atoms with Crippen LogP contribution in [0.3, 0.4) is 0 Å². The lowest BCUT2D eigenvalue weighted by Crippen LogP contribution is -2.41. The van der Waals surface area contributed by atoms with E-state index in [1.54, 1.807) is 0 Å². The molecule has 3 heteroatoms. The molecule has 0 saturated carbocycles. The number of rotatable bonds is 11. The average Bonchev–Trinajstić information content (AvgIpc) is 2.75. The van der Waals surface area contributed by atoms with Gasteiger partial charge in [0.2, 0.25) is 0 Å². The average molecular weight is 399 g/mol. The fraction of sp³-hybridized carbons (Fsp3) is 0.654. The van der Waals surface area contributed by atoms with Gasteiger partial charge in [0, 0.05) is 18.2 Å². The molecule has 2 unspecified atom stereocenters. The van der Waals surface area contributed by atoms with Crippen LogP contribution in [0.25, 0.3) is 0 Å². The van der Waals surface area contributed by atoms with Gasteiger partial charge in [-0.25, -0.2) is 0 Å². The second-order valence-corrected chi connectivity index (χ2v) is 8.96. The summed E-state index contributed by atoms with van der Waals surface area (Å²) in [4.78, 5) is 17.9. The van der Waals surface area contributed by atoms with Crippen LogP contribution in [-0.4, -0.2) is 47.9 Å². The third kappa shape index (κ3) is 7.29. The van der Waals surface area contributed by atoms with Crippen molar-refractivity contribution >= 4 is 5.91 Å². The van der Waals surface area contributed by atoms with Gasteiger partial charge in [-0.3, -0.25) is 4.79 Å². The van der Waals surface area contributed by atoms with Crippen LogP contribution in [0.4, 0.5) is 0 Å². The van der Waals surface area contributed by atoms with Crippen LogP contribution in [0.2, 0.25) is 0 Å². The Morgan fingerprint density at radius 2 is 1.79 bits per heavy atom. The van der Waals surface area contributed by atoms with Crippen molar-refractivity contribution in [2.24, 2.45) is 11.8 Å². The number of carbonyl (C=O) groups excluding carboxylic acids is 1. The van der Waals surface area contributed by atoms with E-state index >= 15 is 0 Å². The summed E-state index contributed by atoms with van der Waals surface area (Å²) in [6, 6.07) is 10.0. The lowest BCUT2D eigenvalue weighted by atomic mass is 9.82. The lowest BCUT2D eigenvalue weighted by molar-refractivity contribution is 0.0695. The smallest absolute Gasteiger partial charge is 0.254 e. The van der Waals surface area contributed by atoms with Gasteiger partial charge in [0.15, 0.2) is 0 Å². The van der Waals surface area contributed by atoms with Crippen LogP contribution in [-0.2, 0) is 0 Å². The SMILES string of the molecule is CCN(CC)CCCC(C)N(CC1=CCC(C(C)C)CC1)C(=O)c1ccccc1. The lowest BCUT2D eigenvalue weighted by Gasteiger charge is -2.33. The fourth-order valence-corrected chi connectivity index (χ4v) is 4.36. The maximum absolute atomic E-state index is 13.3. The van der Waals surface area contributed by atoms with E-state index < -0.39 is 0 Å². The number of amides is 1. The number of carbonyl (C=O) groups is 1. The van der Waals surface area contributed by atoms with Gasteiger partial charge in [0.1, 0.15) is 0 Å². The first-order chi connectivity index (χ1) is 14.0. The van der Waals surface area contributed by atoms with Crippen LogP contribution in [0.15, 0.2) is 42.0 Å². The van der Waals surface area contributed by atoms with E-state index in [1.807, 2.05) is 30.3 Å². The largest absolute Gasteiger partial charge is 0.332 e. The summed E-state index contributed by atoms with van der Waals surface area (Å²) < 4.78 is 0. The van der Waals surface area contributed by atoms with Gasteiger partial charge in [-0.2, -0.15) is 0 Å². The summed E-state index contributed by atoms with van der Waals surface area (Å²) in [7, 11) is 0. The Kier molecular flexibility index (Phi) is 9.93. The monoisotopic (exact) mass is 398 g/mol. The van der Waals surface area contributed by atoms with Gasteiger partial charge in [0.25, 0.3) is 5.91 Å². The topological polar surface area (TPSA) is 23.6 Å². The molecular weight excluding hydrogens is 356 g/mol. The minimum absolute atomic E-state index is 0.174. The molecule has 0 aliphatic heterocycles. The Morgan fingerprint density at radius 3 is 2.34 bits per heavy atom. The Hall–Kier alpha value is -1.61.